The zero-order valence-corrected chi connectivity index (χ0v) is 17.0. The molecule has 1 aliphatic heterocycles. The number of carbonyl (C=O) groups excluding carboxylic acids is 1. The number of piperazine rings is 1. The largest absolute Gasteiger partial charge is 0.439 e. The first-order valence-electron chi connectivity index (χ1n) is 10.3. The molecule has 0 spiro atoms. The Morgan fingerprint density at radius 1 is 1.17 bits per heavy atom. The van der Waals surface area contributed by atoms with Crippen molar-refractivity contribution in [1.82, 2.24) is 14.9 Å². The summed E-state index contributed by atoms with van der Waals surface area (Å²) in [6.45, 7) is 6.05. The SMILES string of the molecule is Cc1cc(F)ccc1Oc1cc(N2CCN(C(=O)C3CCCC3)C(C)C2)ncn1. The zero-order chi connectivity index (χ0) is 20.4. The second-order valence-corrected chi connectivity index (χ2v) is 8.03. The molecule has 1 aromatic carbocycles. The van der Waals surface area contributed by atoms with Gasteiger partial charge in [-0.25, -0.2) is 14.4 Å². The molecule has 2 heterocycles. The van der Waals surface area contributed by atoms with Crippen molar-refractivity contribution in [2.24, 2.45) is 5.92 Å². The average molecular weight is 398 g/mol. The van der Waals surface area contributed by atoms with E-state index in [9.17, 15) is 9.18 Å². The van der Waals surface area contributed by atoms with Crippen molar-refractivity contribution >= 4 is 11.7 Å². The highest BCUT2D eigenvalue weighted by Gasteiger charge is 2.33. The first-order valence-corrected chi connectivity index (χ1v) is 10.3. The van der Waals surface area contributed by atoms with Crippen LogP contribution in [0.25, 0.3) is 0 Å². The minimum absolute atomic E-state index is 0.135. The van der Waals surface area contributed by atoms with Gasteiger partial charge in [0.2, 0.25) is 11.8 Å². The van der Waals surface area contributed by atoms with E-state index in [0.29, 0.717) is 29.6 Å². The van der Waals surface area contributed by atoms with E-state index in [0.717, 1.165) is 31.7 Å². The summed E-state index contributed by atoms with van der Waals surface area (Å²) in [5.74, 6) is 1.99. The highest BCUT2D eigenvalue weighted by molar-refractivity contribution is 5.79. The topological polar surface area (TPSA) is 58.6 Å². The van der Waals surface area contributed by atoms with E-state index in [1.54, 1.807) is 19.1 Å². The number of amides is 1. The third-order valence-electron chi connectivity index (χ3n) is 5.92. The van der Waals surface area contributed by atoms with Gasteiger partial charge in [0.1, 0.15) is 23.7 Å². The maximum absolute atomic E-state index is 13.3. The molecular weight excluding hydrogens is 371 g/mol. The summed E-state index contributed by atoms with van der Waals surface area (Å²) < 4.78 is 19.1. The Labute approximate surface area is 170 Å². The zero-order valence-electron chi connectivity index (χ0n) is 17.0. The number of hydrogen-bond acceptors (Lipinski definition) is 5. The van der Waals surface area contributed by atoms with Gasteiger partial charge in [-0.3, -0.25) is 4.79 Å². The fourth-order valence-electron chi connectivity index (χ4n) is 4.30. The number of halogens is 1. The Kier molecular flexibility index (Phi) is 5.65. The van der Waals surface area contributed by atoms with Crippen LogP contribution in [0.2, 0.25) is 0 Å². The van der Waals surface area contributed by atoms with Crippen molar-refractivity contribution in [1.29, 1.82) is 0 Å². The summed E-state index contributed by atoms with van der Waals surface area (Å²) in [5.41, 5.74) is 0.706. The van der Waals surface area contributed by atoms with Crippen molar-refractivity contribution in [2.45, 2.75) is 45.6 Å². The van der Waals surface area contributed by atoms with Crippen LogP contribution in [0.5, 0.6) is 11.6 Å². The highest BCUT2D eigenvalue weighted by atomic mass is 19.1. The molecule has 0 N–H and O–H groups in total. The molecule has 1 saturated heterocycles. The number of nitrogens with zero attached hydrogens (tertiary/aromatic N) is 4. The summed E-state index contributed by atoms with van der Waals surface area (Å²) >= 11 is 0. The lowest BCUT2D eigenvalue weighted by Crippen LogP contribution is -2.55. The summed E-state index contributed by atoms with van der Waals surface area (Å²) in [6, 6.07) is 6.33. The van der Waals surface area contributed by atoms with Gasteiger partial charge in [-0.05, 0) is 50.5 Å². The van der Waals surface area contributed by atoms with E-state index in [2.05, 4.69) is 21.8 Å². The van der Waals surface area contributed by atoms with E-state index in [4.69, 9.17) is 4.74 Å². The standard InChI is InChI=1S/C22H27FN4O2/c1-15-11-18(23)7-8-19(15)29-21-12-20(24-14-25-21)26-9-10-27(16(2)13-26)22(28)17-5-3-4-6-17/h7-8,11-12,14,16-17H,3-6,9-10,13H2,1-2H3. The molecule has 0 radical (unpaired) electrons. The normalized spacial score (nSPS) is 20.2. The van der Waals surface area contributed by atoms with Crippen LogP contribution < -0.4 is 9.64 Å². The number of anilines is 1. The Balaban J connectivity index is 1.43. The summed E-state index contributed by atoms with van der Waals surface area (Å²) in [6.07, 6.45) is 5.87. The van der Waals surface area contributed by atoms with Gasteiger partial charge < -0.3 is 14.5 Å². The second-order valence-electron chi connectivity index (χ2n) is 8.03. The Bertz CT molecular complexity index is 885. The molecule has 1 aromatic heterocycles. The molecule has 1 aliphatic carbocycles. The molecule has 1 saturated carbocycles. The minimum atomic E-state index is -0.294. The average Bonchev–Trinajstić information content (AvgIpc) is 3.25. The van der Waals surface area contributed by atoms with Gasteiger partial charge in [0, 0.05) is 37.7 Å². The molecule has 1 unspecified atom stereocenters. The van der Waals surface area contributed by atoms with E-state index in [1.165, 1.54) is 31.3 Å². The maximum Gasteiger partial charge on any atom is 0.226 e. The molecule has 7 heteroatoms. The van der Waals surface area contributed by atoms with Crippen molar-refractivity contribution in [3.63, 3.8) is 0 Å². The number of aryl methyl sites for hydroxylation is 1. The Morgan fingerprint density at radius 2 is 1.97 bits per heavy atom. The molecule has 6 nitrogen and oxygen atoms in total. The molecular formula is C22H27FN4O2. The van der Waals surface area contributed by atoms with Crippen LogP contribution in [0.4, 0.5) is 10.2 Å². The van der Waals surface area contributed by atoms with Crippen molar-refractivity contribution in [3.05, 3.63) is 42.0 Å². The smallest absolute Gasteiger partial charge is 0.226 e. The lowest BCUT2D eigenvalue weighted by atomic mass is 10.0. The molecule has 2 fully saturated rings. The van der Waals surface area contributed by atoms with Gasteiger partial charge in [-0.2, -0.15) is 0 Å². The van der Waals surface area contributed by atoms with Gasteiger partial charge in [-0.1, -0.05) is 12.8 Å². The lowest BCUT2D eigenvalue weighted by molar-refractivity contribution is -0.137. The number of hydrogen-bond donors (Lipinski definition) is 0. The van der Waals surface area contributed by atoms with Gasteiger partial charge in [0.05, 0.1) is 0 Å². The second kappa shape index (κ2) is 8.35. The summed E-state index contributed by atoms with van der Waals surface area (Å²) in [5, 5.41) is 0. The van der Waals surface area contributed by atoms with Crippen LogP contribution >= 0.6 is 0 Å². The van der Waals surface area contributed by atoms with Gasteiger partial charge in [0.15, 0.2) is 0 Å². The van der Waals surface area contributed by atoms with Crippen LogP contribution in [0.15, 0.2) is 30.6 Å². The summed E-state index contributed by atoms with van der Waals surface area (Å²) in [7, 11) is 0. The van der Waals surface area contributed by atoms with Gasteiger partial charge in [0.25, 0.3) is 0 Å². The number of ether oxygens (including phenoxy) is 1. The molecule has 4 rings (SSSR count). The third kappa shape index (κ3) is 4.33. The van der Waals surface area contributed by atoms with Crippen molar-refractivity contribution in [2.75, 3.05) is 24.5 Å². The van der Waals surface area contributed by atoms with Gasteiger partial charge in [-0.15, -0.1) is 0 Å². The van der Waals surface area contributed by atoms with Crippen LogP contribution in [0, 0.1) is 18.7 Å². The maximum atomic E-state index is 13.3. The molecule has 0 bridgehead atoms. The number of aromatic nitrogens is 2. The monoisotopic (exact) mass is 398 g/mol. The number of rotatable bonds is 4. The van der Waals surface area contributed by atoms with Crippen LogP contribution in [0.1, 0.15) is 38.2 Å². The van der Waals surface area contributed by atoms with E-state index < -0.39 is 0 Å². The third-order valence-corrected chi connectivity index (χ3v) is 5.92. The van der Waals surface area contributed by atoms with Crippen molar-refractivity contribution < 1.29 is 13.9 Å². The Morgan fingerprint density at radius 3 is 2.69 bits per heavy atom. The molecule has 2 aromatic rings. The van der Waals surface area contributed by atoms with Crippen LogP contribution in [-0.4, -0.2) is 46.5 Å². The molecule has 2 aliphatic rings. The van der Waals surface area contributed by atoms with Gasteiger partial charge >= 0.3 is 0 Å². The summed E-state index contributed by atoms with van der Waals surface area (Å²) in [4.78, 5) is 25.6. The highest BCUT2D eigenvalue weighted by Crippen LogP contribution is 2.29. The van der Waals surface area contributed by atoms with Crippen LogP contribution in [0.3, 0.4) is 0 Å². The lowest BCUT2D eigenvalue weighted by Gasteiger charge is -2.41. The van der Waals surface area contributed by atoms with E-state index in [1.807, 2.05) is 4.90 Å². The minimum Gasteiger partial charge on any atom is -0.439 e. The van der Waals surface area contributed by atoms with E-state index in [-0.39, 0.29) is 17.8 Å². The quantitative estimate of drug-likeness (QED) is 0.781. The molecule has 29 heavy (non-hydrogen) atoms. The number of carbonyl (C=O) groups is 1. The van der Waals surface area contributed by atoms with Crippen LogP contribution in [-0.2, 0) is 4.79 Å². The predicted octanol–water partition coefficient (Wildman–Crippen LogP) is 3.94. The van der Waals surface area contributed by atoms with Crippen molar-refractivity contribution in [3.8, 4) is 11.6 Å². The fraction of sp³-hybridized carbons (Fsp3) is 0.500. The van der Waals surface area contributed by atoms with E-state index >= 15 is 0 Å². The first kappa shape index (κ1) is 19.6. The fourth-order valence-corrected chi connectivity index (χ4v) is 4.30. The molecule has 1 atom stereocenters. The molecule has 154 valence electrons. The number of benzene rings is 1. The predicted molar refractivity (Wildman–Crippen MR) is 109 cm³/mol. The molecule has 1 amide bonds. The Hall–Kier alpha value is -2.70. The first-order chi connectivity index (χ1) is 14.0.